The maximum Gasteiger partial charge on any atom is 0.254 e. The van der Waals surface area contributed by atoms with Crippen molar-refractivity contribution in [2.24, 2.45) is 0 Å². The van der Waals surface area contributed by atoms with Crippen molar-refractivity contribution in [2.75, 3.05) is 19.7 Å². The molecule has 1 amide bonds. The van der Waals surface area contributed by atoms with Gasteiger partial charge >= 0.3 is 0 Å². The molecule has 6 nitrogen and oxygen atoms in total. The van der Waals surface area contributed by atoms with Crippen LogP contribution in [0.5, 0.6) is 5.75 Å². The summed E-state index contributed by atoms with van der Waals surface area (Å²) in [5.74, 6) is 1.07. The SMILES string of the molecule is CC.CCCOc1ccc(C(=O)N2CCCCC2)cc1-c1nc(C)c(C)c(=O)[nH]1. The lowest BCUT2D eigenvalue weighted by Crippen LogP contribution is -2.35. The zero-order chi connectivity index (χ0) is 21.4. The van der Waals surface area contributed by atoms with Crippen LogP contribution < -0.4 is 10.3 Å². The van der Waals surface area contributed by atoms with Crippen molar-refractivity contribution in [1.82, 2.24) is 14.9 Å². The molecule has 0 spiro atoms. The van der Waals surface area contributed by atoms with Crippen molar-refractivity contribution in [1.29, 1.82) is 0 Å². The number of ether oxygens (including phenoxy) is 1. The predicted octanol–water partition coefficient (Wildman–Crippen LogP) is 4.49. The van der Waals surface area contributed by atoms with Gasteiger partial charge in [-0.1, -0.05) is 20.8 Å². The molecule has 1 aromatic heterocycles. The number of amides is 1. The number of carbonyl (C=O) groups is 1. The van der Waals surface area contributed by atoms with Crippen molar-refractivity contribution in [2.45, 2.75) is 60.3 Å². The molecule has 158 valence electrons. The van der Waals surface area contributed by atoms with Crippen molar-refractivity contribution in [3.8, 4) is 17.1 Å². The Morgan fingerprint density at radius 3 is 2.48 bits per heavy atom. The highest BCUT2D eigenvalue weighted by atomic mass is 16.5. The standard InChI is InChI=1S/C21H27N3O3.C2H6/c1-4-12-27-18-9-8-16(21(26)24-10-6-5-7-11-24)13-17(18)19-22-15(3)14(2)20(25)23-19;1-2/h8-9,13H,4-7,10-12H2,1-3H3,(H,22,23,25);1-2H3. The van der Waals surface area contributed by atoms with E-state index in [4.69, 9.17) is 4.74 Å². The summed E-state index contributed by atoms with van der Waals surface area (Å²) in [6.07, 6.45) is 4.13. The fourth-order valence-corrected chi connectivity index (χ4v) is 3.24. The summed E-state index contributed by atoms with van der Waals surface area (Å²) in [5, 5.41) is 0. The Morgan fingerprint density at radius 2 is 1.86 bits per heavy atom. The van der Waals surface area contributed by atoms with Crippen LogP contribution in [0.1, 0.15) is 68.1 Å². The van der Waals surface area contributed by atoms with Gasteiger partial charge in [0.25, 0.3) is 11.5 Å². The highest BCUT2D eigenvalue weighted by Crippen LogP contribution is 2.29. The van der Waals surface area contributed by atoms with Crippen LogP contribution in [0.25, 0.3) is 11.4 Å². The second-order valence-electron chi connectivity index (χ2n) is 7.04. The molecule has 3 rings (SSSR count). The van der Waals surface area contributed by atoms with Crippen LogP contribution in [0.3, 0.4) is 0 Å². The molecule has 1 aliphatic heterocycles. The summed E-state index contributed by atoms with van der Waals surface area (Å²) in [5.41, 5.74) is 2.33. The van der Waals surface area contributed by atoms with Gasteiger partial charge in [0.2, 0.25) is 0 Å². The molecular formula is C23H33N3O3. The molecule has 1 saturated heterocycles. The van der Waals surface area contributed by atoms with Crippen molar-refractivity contribution in [3.63, 3.8) is 0 Å². The van der Waals surface area contributed by atoms with Gasteiger partial charge in [-0.25, -0.2) is 4.98 Å². The summed E-state index contributed by atoms with van der Waals surface area (Å²) >= 11 is 0. The van der Waals surface area contributed by atoms with Gasteiger partial charge in [-0.2, -0.15) is 0 Å². The molecule has 29 heavy (non-hydrogen) atoms. The van der Waals surface area contributed by atoms with Crippen LogP contribution in [-0.2, 0) is 0 Å². The Morgan fingerprint density at radius 1 is 1.17 bits per heavy atom. The van der Waals surface area contributed by atoms with E-state index in [1.807, 2.05) is 32.6 Å². The normalized spacial score (nSPS) is 13.5. The molecule has 1 fully saturated rings. The molecule has 2 aromatic rings. The van der Waals surface area contributed by atoms with E-state index in [1.165, 1.54) is 6.42 Å². The predicted molar refractivity (Wildman–Crippen MR) is 117 cm³/mol. The van der Waals surface area contributed by atoms with E-state index >= 15 is 0 Å². The minimum absolute atomic E-state index is 0.0178. The largest absolute Gasteiger partial charge is 0.493 e. The smallest absolute Gasteiger partial charge is 0.254 e. The molecule has 1 aromatic carbocycles. The minimum atomic E-state index is -0.174. The summed E-state index contributed by atoms with van der Waals surface area (Å²) < 4.78 is 5.84. The van der Waals surface area contributed by atoms with Gasteiger partial charge in [-0.05, 0) is 57.7 Å². The van der Waals surface area contributed by atoms with E-state index in [2.05, 4.69) is 9.97 Å². The van der Waals surface area contributed by atoms with Crippen LogP contribution in [0.4, 0.5) is 0 Å². The fraction of sp³-hybridized carbons (Fsp3) is 0.522. The van der Waals surface area contributed by atoms with E-state index in [-0.39, 0.29) is 11.5 Å². The monoisotopic (exact) mass is 399 g/mol. The number of hydrogen-bond donors (Lipinski definition) is 1. The third kappa shape index (κ3) is 5.46. The number of rotatable bonds is 5. The van der Waals surface area contributed by atoms with Gasteiger partial charge in [-0.3, -0.25) is 9.59 Å². The van der Waals surface area contributed by atoms with Gasteiger partial charge < -0.3 is 14.6 Å². The van der Waals surface area contributed by atoms with Gasteiger partial charge in [0, 0.05) is 29.9 Å². The van der Waals surface area contributed by atoms with Crippen LogP contribution in [-0.4, -0.2) is 40.5 Å². The number of aromatic nitrogens is 2. The molecular weight excluding hydrogens is 366 g/mol. The minimum Gasteiger partial charge on any atom is -0.493 e. The molecule has 2 heterocycles. The van der Waals surface area contributed by atoms with Crippen molar-refractivity contribution in [3.05, 3.63) is 45.4 Å². The molecule has 6 heteroatoms. The number of nitrogens with one attached hydrogen (secondary N) is 1. The van der Waals surface area contributed by atoms with E-state index in [1.54, 1.807) is 25.1 Å². The maximum atomic E-state index is 12.9. The first kappa shape index (κ1) is 22.7. The quantitative estimate of drug-likeness (QED) is 0.803. The molecule has 1 N–H and O–H groups in total. The average Bonchev–Trinajstić information content (AvgIpc) is 2.77. The first-order valence-electron chi connectivity index (χ1n) is 10.6. The summed E-state index contributed by atoms with van der Waals surface area (Å²) in [6.45, 7) is 11.7. The number of carbonyl (C=O) groups excluding carboxylic acids is 1. The Bertz CT molecular complexity index is 883. The Labute approximate surface area is 173 Å². The third-order valence-electron chi connectivity index (χ3n) is 4.98. The van der Waals surface area contributed by atoms with Crippen LogP contribution >= 0.6 is 0 Å². The van der Waals surface area contributed by atoms with E-state index in [0.29, 0.717) is 40.6 Å². The van der Waals surface area contributed by atoms with Crippen molar-refractivity contribution >= 4 is 5.91 Å². The number of hydrogen-bond acceptors (Lipinski definition) is 4. The first-order chi connectivity index (χ1) is 14.0. The molecule has 0 aliphatic carbocycles. The Balaban J connectivity index is 0.00000145. The van der Waals surface area contributed by atoms with E-state index in [9.17, 15) is 9.59 Å². The fourth-order valence-electron chi connectivity index (χ4n) is 3.24. The van der Waals surface area contributed by atoms with Crippen LogP contribution in [0.2, 0.25) is 0 Å². The van der Waals surface area contributed by atoms with Crippen LogP contribution in [0, 0.1) is 13.8 Å². The summed E-state index contributed by atoms with van der Waals surface area (Å²) in [6, 6.07) is 5.39. The third-order valence-corrected chi connectivity index (χ3v) is 4.98. The van der Waals surface area contributed by atoms with Crippen molar-refractivity contribution < 1.29 is 9.53 Å². The maximum absolute atomic E-state index is 12.9. The second kappa shape index (κ2) is 10.8. The first-order valence-corrected chi connectivity index (χ1v) is 10.6. The number of piperidine rings is 1. The number of aromatic amines is 1. The van der Waals surface area contributed by atoms with Crippen LogP contribution in [0.15, 0.2) is 23.0 Å². The zero-order valence-corrected chi connectivity index (χ0v) is 18.3. The lowest BCUT2D eigenvalue weighted by Gasteiger charge is -2.27. The van der Waals surface area contributed by atoms with E-state index < -0.39 is 0 Å². The Kier molecular flexibility index (Phi) is 8.43. The Hall–Kier alpha value is -2.63. The molecule has 0 bridgehead atoms. The second-order valence-corrected chi connectivity index (χ2v) is 7.04. The number of aryl methyl sites for hydroxylation is 1. The number of likely N-dealkylation sites (tertiary alicyclic amines) is 1. The number of nitrogens with zero attached hydrogens (tertiary/aromatic N) is 2. The summed E-state index contributed by atoms with van der Waals surface area (Å²) in [4.78, 5) is 34.3. The van der Waals surface area contributed by atoms with Gasteiger partial charge in [0.1, 0.15) is 11.6 Å². The highest BCUT2D eigenvalue weighted by molar-refractivity contribution is 5.96. The van der Waals surface area contributed by atoms with Gasteiger partial charge in [-0.15, -0.1) is 0 Å². The molecule has 0 atom stereocenters. The van der Waals surface area contributed by atoms with Gasteiger partial charge in [0.15, 0.2) is 0 Å². The average molecular weight is 400 g/mol. The number of H-pyrrole nitrogens is 1. The lowest BCUT2D eigenvalue weighted by atomic mass is 10.1. The number of benzene rings is 1. The van der Waals surface area contributed by atoms with Gasteiger partial charge in [0.05, 0.1) is 12.2 Å². The zero-order valence-electron chi connectivity index (χ0n) is 18.3. The molecule has 0 unspecified atom stereocenters. The lowest BCUT2D eigenvalue weighted by molar-refractivity contribution is 0.0724. The highest BCUT2D eigenvalue weighted by Gasteiger charge is 2.21. The topological polar surface area (TPSA) is 75.3 Å². The van der Waals surface area contributed by atoms with E-state index in [0.717, 1.165) is 32.4 Å². The molecule has 0 radical (unpaired) electrons. The summed E-state index contributed by atoms with van der Waals surface area (Å²) in [7, 11) is 0. The molecule has 1 aliphatic rings. The molecule has 0 saturated carbocycles.